The molecule has 2 unspecified atom stereocenters. The van der Waals surface area contributed by atoms with Crippen LogP contribution in [-0.4, -0.2) is 9.97 Å². The number of aromatic nitrogens is 2. The summed E-state index contributed by atoms with van der Waals surface area (Å²) >= 11 is 0. The van der Waals surface area contributed by atoms with Crippen molar-refractivity contribution in [3.8, 4) is 0 Å². The van der Waals surface area contributed by atoms with Crippen LogP contribution in [0.3, 0.4) is 0 Å². The first-order valence-corrected chi connectivity index (χ1v) is 18.5. The number of furan rings is 1. The second kappa shape index (κ2) is 13.3. The van der Waals surface area contributed by atoms with E-state index in [1.165, 1.54) is 113 Å². The molecule has 8 rings (SSSR count). The highest BCUT2D eigenvalue weighted by atomic mass is 16.3. The average molecular weight is 611 g/mol. The van der Waals surface area contributed by atoms with E-state index in [1.54, 1.807) is 16.7 Å². The Morgan fingerprint density at radius 1 is 0.609 bits per heavy atom. The lowest BCUT2D eigenvalue weighted by molar-refractivity contribution is 0.351. The maximum absolute atomic E-state index is 6.77. The third-order valence-electron chi connectivity index (χ3n) is 12.1. The molecule has 4 aliphatic rings. The van der Waals surface area contributed by atoms with Crippen LogP contribution in [0, 0.1) is 17.8 Å². The quantitative estimate of drug-likeness (QED) is 0.212. The van der Waals surface area contributed by atoms with E-state index in [0.717, 1.165) is 11.5 Å². The third kappa shape index (κ3) is 5.15. The van der Waals surface area contributed by atoms with Crippen LogP contribution < -0.4 is 0 Å². The molecule has 0 aliphatic heterocycles. The lowest BCUT2D eigenvalue weighted by Crippen LogP contribution is -2.44. The first-order chi connectivity index (χ1) is 22.9. The van der Waals surface area contributed by atoms with Crippen LogP contribution in [0.15, 0.2) is 113 Å². The van der Waals surface area contributed by atoms with E-state index in [1.807, 2.05) is 12.5 Å². The molecule has 1 aromatic carbocycles. The predicted octanol–water partition coefficient (Wildman–Crippen LogP) is 11.6. The standard InChI is InChI=1S/C43H50N2O/c1-2-6-18-32(17-5-1)40-38(31-21-11-12-22-31)39(33-19-7-3-8-20-33)41(35-25-13-14-28-44-35)43(37-27-16-30-46-37,34-23-9-4-10-24-34)42(40)36-26-15-29-45-36/h4,9-10,13-16,23-33,42,45H,1-3,5-8,11-12,17-22H2. The van der Waals surface area contributed by atoms with Crippen LogP contribution in [0.25, 0.3) is 5.57 Å². The Balaban J connectivity index is 1.57. The average Bonchev–Trinajstić information content (AvgIpc) is 3.92. The summed E-state index contributed by atoms with van der Waals surface area (Å²) in [6.07, 6.45) is 25.9. The number of hydrogen-bond acceptors (Lipinski definition) is 2. The second-order valence-corrected chi connectivity index (χ2v) is 14.6. The van der Waals surface area contributed by atoms with Crippen LogP contribution in [0.5, 0.6) is 0 Å². The van der Waals surface area contributed by atoms with E-state index in [2.05, 4.69) is 84.0 Å². The molecule has 46 heavy (non-hydrogen) atoms. The summed E-state index contributed by atoms with van der Waals surface area (Å²) in [7, 11) is 0. The van der Waals surface area contributed by atoms with Crippen molar-refractivity contribution >= 4 is 5.57 Å². The molecule has 3 heteroatoms. The maximum atomic E-state index is 6.77. The molecule has 0 amide bonds. The third-order valence-corrected chi connectivity index (χ3v) is 12.1. The fourth-order valence-corrected chi connectivity index (χ4v) is 10.3. The molecule has 3 saturated carbocycles. The lowest BCUT2D eigenvalue weighted by Gasteiger charge is -2.51. The first kappa shape index (κ1) is 29.8. The highest BCUT2D eigenvalue weighted by Crippen LogP contribution is 2.65. The largest absolute Gasteiger partial charge is 0.468 e. The van der Waals surface area contributed by atoms with Gasteiger partial charge in [-0.1, -0.05) is 99.8 Å². The minimum absolute atomic E-state index is 0.0964. The number of pyridine rings is 1. The Labute approximate surface area is 275 Å². The van der Waals surface area contributed by atoms with E-state index in [9.17, 15) is 0 Å². The van der Waals surface area contributed by atoms with E-state index in [0.29, 0.717) is 17.8 Å². The van der Waals surface area contributed by atoms with Gasteiger partial charge in [0.1, 0.15) is 5.76 Å². The molecule has 3 heterocycles. The molecule has 3 fully saturated rings. The minimum Gasteiger partial charge on any atom is -0.468 e. The fraction of sp³-hybridized carbons (Fsp3) is 0.465. The van der Waals surface area contributed by atoms with Crippen LogP contribution >= 0.6 is 0 Å². The number of aromatic amines is 1. The van der Waals surface area contributed by atoms with E-state index >= 15 is 0 Å². The van der Waals surface area contributed by atoms with Gasteiger partial charge in [-0.2, -0.15) is 0 Å². The number of H-pyrrole nitrogens is 1. The zero-order valence-electron chi connectivity index (χ0n) is 27.4. The van der Waals surface area contributed by atoms with Crippen molar-refractivity contribution in [3.63, 3.8) is 0 Å². The topological polar surface area (TPSA) is 41.8 Å². The maximum Gasteiger partial charge on any atom is 0.119 e. The van der Waals surface area contributed by atoms with Gasteiger partial charge in [-0.25, -0.2) is 0 Å². The molecule has 3 aromatic heterocycles. The molecule has 3 nitrogen and oxygen atoms in total. The summed E-state index contributed by atoms with van der Waals surface area (Å²) in [5, 5.41) is 0. The van der Waals surface area contributed by atoms with Crippen molar-refractivity contribution < 1.29 is 4.42 Å². The van der Waals surface area contributed by atoms with Gasteiger partial charge in [-0.05, 0) is 109 Å². The number of hydrogen-bond donors (Lipinski definition) is 1. The summed E-state index contributed by atoms with van der Waals surface area (Å²) in [6, 6.07) is 27.0. The van der Waals surface area contributed by atoms with Crippen molar-refractivity contribution in [2.24, 2.45) is 17.8 Å². The highest BCUT2D eigenvalue weighted by Gasteiger charge is 2.57. The molecule has 0 spiro atoms. The summed E-state index contributed by atoms with van der Waals surface area (Å²) in [5.41, 5.74) is 9.77. The number of rotatable bonds is 7. The molecule has 0 saturated heterocycles. The first-order valence-electron chi connectivity index (χ1n) is 18.5. The minimum atomic E-state index is -0.555. The van der Waals surface area contributed by atoms with E-state index in [-0.39, 0.29) is 5.92 Å². The number of allylic oxidation sites excluding steroid dienone is 4. The predicted molar refractivity (Wildman–Crippen MR) is 187 cm³/mol. The van der Waals surface area contributed by atoms with Gasteiger partial charge >= 0.3 is 0 Å². The SMILES string of the molecule is c1ccc(C2(c3ccco3)C(c3ccccn3)=C(C3CCCCC3)C(C3CCCC3)=C(C3CCCCCC3)C2c2ccc[nH]2)cc1. The Bertz CT molecular complexity index is 1610. The van der Waals surface area contributed by atoms with Gasteiger partial charge in [-0.15, -0.1) is 0 Å². The molecule has 0 radical (unpaired) electrons. The zero-order valence-corrected chi connectivity index (χ0v) is 27.4. The molecule has 1 N–H and O–H groups in total. The molecule has 2 atom stereocenters. The highest BCUT2D eigenvalue weighted by molar-refractivity contribution is 5.87. The monoisotopic (exact) mass is 610 g/mol. The molecular weight excluding hydrogens is 560 g/mol. The van der Waals surface area contributed by atoms with Crippen molar-refractivity contribution in [2.45, 2.75) is 108 Å². The van der Waals surface area contributed by atoms with Gasteiger partial charge in [0.2, 0.25) is 0 Å². The molecule has 238 valence electrons. The van der Waals surface area contributed by atoms with E-state index < -0.39 is 5.41 Å². The van der Waals surface area contributed by atoms with Crippen LogP contribution in [0.1, 0.15) is 125 Å². The number of benzene rings is 1. The Hall–Kier alpha value is -3.59. The van der Waals surface area contributed by atoms with Gasteiger partial charge in [0, 0.05) is 29.6 Å². The van der Waals surface area contributed by atoms with Gasteiger partial charge < -0.3 is 9.40 Å². The van der Waals surface area contributed by atoms with Crippen LogP contribution in [0.2, 0.25) is 0 Å². The van der Waals surface area contributed by atoms with Crippen molar-refractivity contribution in [1.82, 2.24) is 9.97 Å². The lowest BCUT2D eigenvalue weighted by atomic mass is 9.50. The van der Waals surface area contributed by atoms with Gasteiger partial charge in [-0.3, -0.25) is 4.98 Å². The van der Waals surface area contributed by atoms with Gasteiger partial charge in [0.25, 0.3) is 0 Å². The van der Waals surface area contributed by atoms with Gasteiger partial charge in [0.05, 0.1) is 17.4 Å². The smallest absolute Gasteiger partial charge is 0.119 e. The Kier molecular flexibility index (Phi) is 8.59. The van der Waals surface area contributed by atoms with Crippen molar-refractivity contribution in [1.29, 1.82) is 0 Å². The zero-order chi connectivity index (χ0) is 30.8. The van der Waals surface area contributed by atoms with Crippen molar-refractivity contribution in [3.05, 3.63) is 131 Å². The Morgan fingerprint density at radius 2 is 1.26 bits per heavy atom. The summed E-state index contributed by atoms with van der Waals surface area (Å²) in [4.78, 5) is 9.11. The summed E-state index contributed by atoms with van der Waals surface area (Å²) in [6.45, 7) is 0. The second-order valence-electron chi connectivity index (χ2n) is 14.6. The molecule has 0 bridgehead atoms. The molecule has 4 aromatic rings. The molecular formula is C43H50N2O. The summed E-state index contributed by atoms with van der Waals surface area (Å²) < 4.78 is 6.77. The van der Waals surface area contributed by atoms with Crippen LogP contribution in [-0.2, 0) is 5.41 Å². The van der Waals surface area contributed by atoms with Crippen LogP contribution in [0.4, 0.5) is 0 Å². The van der Waals surface area contributed by atoms with Gasteiger partial charge in [0.15, 0.2) is 0 Å². The fourth-order valence-electron chi connectivity index (χ4n) is 10.3. The number of nitrogens with one attached hydrogen (secondary N) is 1. The molecule has 4 aliphatic carbocycles. The number of nitrogens with zero attached hydrogens (tertiary/aromatic N) is 1. The normalized spacial score (nSPS) is 25.7. The Morgan fingerprint density at radius 3 is 1.89 bits per heavy atom. The van der Waals surface area contributed by atoms with E-state index in [4.69, 9.17) is 9.40 Å². The van der Waals surface area contributed by atoms with Crippen molar-refractivity contribution in [2.75, 3.05) is 0 Å². The summed E-state index contributed by atoms with van der Waals surface area (Å²) in [5.74, 6) is 2.89.